The molecule has 0 aliphatic heterocycles. The highest BCUT2D eigenvalue weighted by Gasteiger charge is 2.02. The summed E-state index contributed by atoms with van der Waals surface area (Å²) in [5.41, 5.74) is 0. The molecule has 0 aromatic rings. The Morgan fingerprint density at radius 1 is 0.800 bits per heavy atom. The maximum absolute atomic E-state index is 9.03. The maximum Gasteiger partial charge on any atom is 0.0861 e. The summed E-state index contributed by atoms with van der Waals surface area (Å²) in [5, 5.41) is 35.1. The van der Waals surface area contributed by atoms with Gasteiger partial charge in [0.1, 0.15) is 0 Å². The van der Waals surface area contributed by atoms with Gasteiger partial charge in [-0.15, -0.1) is 0 Å². The highest BCUT2D eigenvalue weighted by atomic mass is 32.2. The van der Waals surface area contributed by atoms with Crippen LogP contribution in [0.3, 0.4) is 0 Å². The standard InChI is InChI=1S/C9H20O4S2/c10-4-8(12)6-14-2-1-3-15-7-9(13)5-11/h8-13H,1-7H2. The van der Waals surface area contributed by atoms with Crippen LogP contribution in [-0.2, 0) is 0 Å². The van der Waals surface area contributed by atoms with Gasteiger partial charge < -0.3 is 20.4 Å². The lowest BCUT2D eigenvalue weighted by Crippen LogP contribution is -2.15. The summed E-state index contributed by atoms with van der Waals surface area (Å²) in [4.78, 5) is 0. The summed E-state index contributed by atoms with van der Waals surface area (Å²) in [6.45, 7) is -0.352. The first-order valence-electron chi connectivity index (χ1n) is 4.94. The van der Waals surface area contributed by atoms with Gasteiger partial charge in [-0.05, 0) is 17.9 Å². The van der Waals surface area contributed by atoms with E-state index in [4.69, 9.17) is 20.4 Å². The van der Waals surface area contributed by atoms with Crippen molar-refractivity contribution in [1.29, 1.82) is 0 Å². The third kappa shape index (κ3) is 10.8. The predicted octanol–water partition coefficient (Wildman–Crippen LogP) is -0.451. The van der Waals surface area contributed by atoms with Crippen LogP contribution in [0.4, 0.5) is 0 Å². The van der Waals surface area contributed by atoms with Gasteiger partial charge in [-0.25, -0.2) is 0 Å². The van der Waals surface area contributed by atoms with E-state index in [9.17, 15) is 0 Å². The first-order chi connectivity index (χ1) is 7.20. The van der Waals surface area contributed by atoms with Crippen molar-refractivity contribution >= 4 is 23.5 Å². The quantitative estimate of drug-likeness (QED) is 0.396. The maximum atomic E-state index is 9.03. The van der Waals surface area contributed by atoms with E-state index in [1.165, 1.54) is 0 Å². The van der Waals surface area contributed by atoms with Crippen LogP contribution in [-0.4, -0.2) is 68.9 Å². The predicted molar refractivity (Wildman–Crippen MR) is 65.5 cm³/mol. The second-order valence-corrected chi connectivity index (χ2v) is 5.48. The molecule has 0 aromatic heterocycles. The molecule has 6 heteroatoms. The van der Waals surface area contributed by atoms with Crippen molar-refractivity contribution in [2.45, 2.75) is 18.6 Å². The Kier molecular flexibility index (Phi) is 11.4. The van der Waals surface area contributed by atoms with Crippen molar-refractivity contribution in [2.75, 3.05) is 36.2 Å². The molecule has 2 unspecified atom stereocenters. The number of rotatable bonds is 10. The van der Waals surface area contributed by atoms with E-state index in [0.717, 1.165) is 17.9 Å². The van der Waals surface area contributed by atoms with Gasteiger partial charge in [0.2, 0.25) is 0 Å². The van der Waals surface area contributed by atoms with E-state index in [2.05, 4.69) is 0 Å². The van der Waals surface area contributed by atoms with Gasteiger partial charge in [0, 0.05) is 11.5 Å². The summed E-state index contributed by atoms with van der Waals surface area (Å²) in [5.74, 6) is 3.03. The lowest BCUT2D eigenvalue weighted by molar-refractivity contribution is 0.113. The second kappa shape index (κ2) is 11.0. The van der Waals surface area contributed by atoms with Gasteiger partial charge in [0.25, 0.3) is 0 Å². The molecule has 0 rings (SSSR count). The minimum absolute atomic E-state index is 0.176. The average molecular weight is 256 g/mol. The number of hydrogen-bond acceptors (Lipinski definition) is 6. The van der Waals surface area contributed by atoms with E-state index >= 15 is 0 Å². The van der Waals surface area contributed by atoms with Crippen molar-refractivity contribution in [3.8, 4) is 0 Å². The molecule has 0 amide bonds. The van der Waals surface area contributed by atoms with Crippen molar-refractivity contribution in [2.24, 2.45) is 0 Å². The Hall–Kier alpha value is 0.540. The van der Waals surface area contributed by atoms with Crippen LogP contribution in [0.25, 0.3) is 0 Å². The zero-order valence-corrected chi connectivity index (χ0v) is 10.3. The van der Waals surface area contributed by atoms with Crippen LogP contribution in [0.5, 0.6) is 0 Å². The minimum atomic E-state index is -0.612. The van der Waals surface area contributed by atoms with E-state index in [1.807, 2.05) is 0 Å². The molecule has 0 aromatic carbocycles. The van der Waals surface area contributed by atoms with Crippen LogP contribution in [0, 0.1) is 0 Å². The number of aliphatic hydroxyl groups excluding tert-OH is 4. The molecular weight excluding hydrogens is 236 g/mol. The van der Waals surface area contributed by atoms with Gasteiger partial charge in [0.15, 0.2) is 0 Å². The first kappa shape index (κ1) is 15.5. The first-order valence-corrected chi connectivity index (χ1v) is 7.25. The fraction of sp³-hybridized carbons (Fsp3) is 1.00. The highest BCUT2D eigenvalue weighted by Crippen LogP contribution is 2.10. The molecule has 0 bridgehead atoms. The highest BCUT2D eigenvalue weighted by molar-refractivity contribution is 8.00. The lowest BCUT2D eigenvalue weighted by Gasteiger charge is -2.07. The molecular formula is C9H20O4S2. The van der Waals surface area contributed by atoms with Gasteiger partial charge in [0.05, 0.1) is 25.4 Å². The zero-order chi connectivity index (χ0) is 11.5. The third-order valence-corrected chi connectivity index (χ3v) is 4.01. The van der Waals surface area contributed by atoms with Crippen LogP contribution in [0.2, 0.25) is 0 Å². The molecule has 0 saturated carbocycles. The minimum Gasteiger partial charge on any atom is -0.394 e. The van der Waals surface area contributed by atoms with Gasteiger partial charge in [-0.3, -0.25) is 0 Å². The topological polar surface area (TPSA) is 80.9 Å². The summed E-state index contributed by atoms with van der Waals surface area (Å²) in [6, 6.07) is 0. The van der Waals surface area contributed by atoms with Gasteiger partial charge >= 0.3 is 0 Å². The molecule has 0 heterocycles. The Bertz CT molecular complexity index is 123. The number of aliphatic hydroxyl groups is 4. The summed E-state index contributed by atoms with van der Waals surface area (Å²) < 4.78 is 0. The molecule has 0 radical (unpaired) electrons. The SMILES string of the molecule is OCC(O)CSCCCSCC(O)CO. The summed E-state index contributed by atoms with van der Waals surface area (Å²) >= 11 is 3.23. The van der Waals surface area contributed by atoms with Crippen LogP contribution < -0.4 is 0 Å². The molecule has 0 saturated heterocycles. The molecule has 15 heavy (non-hydrogen) atoms. The lowest BCUT2D eigenvalue weighted by atomic mass is 10.4. The molecule has 92 valence electrons. The fourth-order valence-corrected chi connectivity index (χ4v) is 2.78. The molecule has 2 atom stereocenters. The molecule has 0 fully saturated rings. The van der Waals surface area contributed by atoms with Crippen LogP contribution in [0.1, 0.15) is 6.42 Å². The van der Waals surface area contributed by atoms with E-state index in [-0.39, 0.29) is 13.2 Å². The van der Waals surface area contributed by atoms with E-state index < -0.39 is 12.2 Å². The summed E-state index contributed by atoms with van der Waals surface area (Å²) in [7, 11) is 0. The van der Waals surface area contributed by atoms with Crippen molar-refractivity contribution in [3.63, 3.8) is 0 Å². The van der Waals surface area contributed by atoms with Crippen molar-refractivity contribution in [1.82, 2.24) is 0 Å². The largest absolute Gasteiger partial charge is 0.394 e. The molecule has 0 spiro atoms. The fourth-order valence-electron chi connectivity index (χ4n) is 0.807. The van der Waals surface area contributed by atoms with E-state index in [0.29, 0.717) is 11.5 Å². The Balaban J connectivity index is 3.05. The Labute approximate surface area is 99.1 Å². The summed E-state index contributed by atoms with van der Waals surface area (Å²) in [6.07, 6.45) is -0.219. The van der Waals surface area contributed by atoms with Crippen LogP contribution >= 0.6 is 23.5 Å². The van der Waals surface area contributed by atoms with Crippen LogP contribution in [0.15, 0.2) is 0 Å². The van der Waals surface area contributed by atoms with Crippen molar-refractivity contribution < 1.29 is 20.4 Å². The molecule has 4 N–H and O–H groups in total. The van der Waals surface area contributed by atoms with E-state index in [1.54, 1.807) is 23.5 Å². The Morgan fingerprint density at radius 3 is 1.53 bits per heavy atom. The van der Waals surface area contributed by atoms with Gasteiger partial charge in [-0.1, -0.05) is 0 Å². The Morgan fingerprint density at radius 2 is 1.20 bits per heavy atom. The molecule has 0 aliphatic rings. The average Bonchev–Trinajstić information content (AvgIpc) is 2.26. The molecule has 0 aliphatic carbocycles. The van der Waals surface area contributed by atoms with Crippen molar-refractivity contribution in [3.05, 3.63) is 0 Å². The zero-order valence-electron chi connectivity index (χ0n) is 8.71. The number of hydrogen-bond donors (Lipinski definition) is 4. The smallest absolute Gasteiger partial charge is 0.0861 e. The normalized spacial score (nSPS) is 15.2. The van der Waals surface area contributed by atoms with Gasteiger partial charge in [-0.2, -0.15) is 23.5 Å². The number of thioether (sulfide) groups is 2. The third-order valence-electron chi connectivity index (χ3n) is 1.62. The monoisotopic (exact) mass is 256 g/mol. The second-order valence-electron chi connectivity index (χ2n) is 3.18. The molecule has 4 nitrogen and oxygen atoms in total.